The van der Waals surface area contributed by atoms with E-state index in [9.17, 15) is 4.79 Å². The summed E-state index contributed by atoms with van der Waals surface area (Å²) < 4.78 is 7.45. The maximum Gasteiger partial charge on any atom is 0.232 e. The van der Waals surface area contributed by atoms with Crippen LogP contribution in [-0.4, -0.2) is 57.0 Å². The van der Waals surface area contributed by atoms with Gasteiger partial charge in [-0.2, -0.15) is 0 Å². The first-order valence-electron chi connectivity index (χ1n) is 8.52. The van der Waals surface area contributed by atoms with Gasteiger partial charge in [-0.3, -0.25) is 14.3 Å². The number of benzene rings is 1. The normalized spacial score (nSPS) is 10.6. The molecule has 7 nitrogen and oxygen atoms in total. The Bertz CT molecular complexity index is 894. The number of thioether (sulfide) groups is 1. The molecule has 27 heavy (non-hydrogen) atoms. The van der Waals surface area contributed by atoms with E-state index >= 15 is 0 Å². The van der Waals surface area contributed by atoms with Crippen LogP contribution >= 0.6 is 11.8 Å². The number of hydrogen-bond acceptors (Lipinski definition) is 6. The molecular formula is C19H21N5O2S. The fraction of sp³-hybridized carbons (Fsp3) is 0.263. The maximum absolute atomic E-state index is 12.0. The highest BCUT2D eigenvalue weighted by atomic mass is 32.2. The second-order valence-electron chi connectivity index (χ2n) is 5.89. The van der Waals surface area contributed by atoms with Crippen LogP contribution in [0, 0.1) is 0 Å². The average molecular weight is 383 g/mol. The van der Waals surface area contributed by atoms with Crippen LogP contribution in [0.5, 0.6) is 5.75 Å². The molecule has 0 saturated heterocycles. The number of ether oxygens (including phenoxy) is 1. The van der Waals surface area contributed by atoms with E-state index in [1.54, 1.807) is 31.4 Å². The Kier molecular flexibility index (Phi) is 6.08. The third-order valence-corrected chi connectivity index (χ3v) is 4.70. The molecule has 0 spiro atoms. The van der Waals surface area contributed by atoms with E-state index < -0.39 is 0 Å². The van der Waals surface area contributed by atoms with Gasteiger partial charge in [-0.15, -0.1) is 10.2 Å². The molecule has 0 bridgehead atoms. The van der Waals surface area contributed by atoms with Crippen LogP contribution in [0.1, 0.15) is 6.92 Å². The molecule has 0 saturated carbocycles. The summed E-state index contributed by atoms with van der Waals surface area (Å²) in [6.07, 6.45) is 3.46. The van der Waals surface area contributed by atoms with Crippen molar-refractivity contribution in [1.82, 2.24) is 24.6 Å². The van der Waals surface area contributed by atoms with E-state index in [4.69, 9.17) is 4.74 Å². The molecule has 8 heteroatoms. The first-order chi connectivity index (χ1) is 13.1. The number of hydrogen-bond donors (Lipinski definition) is 0. The van der Waals surface area contributed by atoms with Crippen LogP contribution in [-0.2, 0) is 4.79 Å². The molecule has 3 aromatic rings. The van der Waals surface area contributed by atoms with Crippen molar-refractivity contribution in [3.8, 4) is 22.8 Å². The summed E-state index contributed by atoms with van der Waals surface area (Å²) >= 11 is 1.35. The molecule has 2 heterocycles. The number of pyridine rings is 1. The second kappa shape index (κ2) is 8.68. The Labute approximate surface area is 162 Å². The van der Waals surface area contributed by atoms with Gasteiger partial charge in [0.05, 0.1) is 12.4 Å². The summed E-state index contributed by atoms with van der Waals surface area (Å²) in [6, 6.07) is 11.5. The zero-order valence-electron chi connectivity index (χ0n) is 15.5. The fourth-order valence-electron chi connectivity index (χ4n) is 2.39. The van der Waals surface area contributed by atoms with Crippen molar-refractivity contribution in [2.24, 2.45) is 0 Å². The van der Waals surface area contributed by atoms with Gasteiger partial charge in [0.2, 0.25) is 5.91 Å². The summed E-state index contributed by atoms with van der Waals surface area (Å²) in [5.74, 6) is 1.78. The van der Waals surface area contributed by atoms with Crippen molar-refractivity contribution in [3.05, 3.63) is 48.8 Å². The number of amides is 1. The molecule has 1 aromatic carbocycles. The molecule has 0 N–H and O–H groups in total. The zero-order chi connectivity index (χ0) is 19.2. The first-order valence-corrected chi connectivity index (χ1v) is 9.50. The molecular weight excluding hydrogens is 362 g/mol. The topological polar surface area (TPSA) is 73.1 Å². The Morgan fingerprint density at radius 1 is 1.19 bits per heavy atom. The van der Waals surface area contributed by atoms with Crippen LogP contribution in [0.3, 0.4) is 0 Å². The SMILES string of the molecule is CCOc1ccc(-n2c(SCC(=O)N(C)C)nnc2-c2cccnc2)cc1. The Hall–Kier alpha value is -2.87. The number of carbonyl (C=O) groups is 1. The Morgan fingerprint density at radius 3 is 2.59 bits per heavy atom. The van der Waals surface area contributed by atoms with Gasteiger partial charge in [0.15, 0.2) is 11.0 Å². The quantitative estimate of drug-likeness (QED) is 0.584. The van der Waals surface area contributed by atoms with Gasteiger partial charge in [0, 0.05) is 37.7 Å². The third kappa shape index (κ3) is 4.46. The van der Waals surface area contributed by atoms with Crippen LogP contribution in [0.2, 0.25) is 0 Å². The Morgan fingerprint density at radius 2 is 1.96 bits per heavy atom. The van der Waals surface area contributed by atoms with Gasteiger partial charge in [0.25, 0.3) is 0 Å². The second-order valence-corrected chi connectivity index (χ2v) is 6.83. The lowest BCUT2D eigenvalue weighted by atomic mass is 10.2. The van der Waals surface area contributed by atoms with Crippen molar-refractivity contribution in [2.45, 2.75) is 12.1 Å². The highest BCUT2D eigenvalue weighted by molar-refractivity contribution is 7.99. The minimum atomic E-state index is 0.0178. The van der Waals surface area contributed by atoms with Crippen molar-refractivity contribution in [2.75, 3.05) is 26.5 Å². The molecule has 0 aliphatic carbocycles. The Balaban J connectivity index is 1.99. The predicted octanol–water partition coefficient (Wildman–Crippen LogP) is 2.91. The van der Waals surface area contributed by atoms with Crippen LogP contribution < -0.4 is 4.74 Å². The van der Waals surface area contributed by atoms with Crippen molar-refractivity contribution in [1.29, 1.82) is 0 Å². The lowest BCUT2D eigenvalue weighted by Crippen LogP contribution is -2.23. The molecule has 2 aromatic heterocycles. The molecule has 0 radical (unpaired) electrons. The molecule has 1 amide bonds. The fourth-order valence-corrected chi connectivity index (χ4v) is 3.32. The van der Waals surface area contributed by atoms with E-state index in [2.05, 4.69) is 15.2 Å². The maximum atomic E-state index is 12.0. The smallest absolute Gasteiger partial charge is 0.232 e. The van der Waals surface area contributed by atoms with Crippen LogP contribution in [0.25, 0.3) is 17.1 Å². The summed E-state index contributed by atoms with van der Waals surface area (Å²) in [4.78, 5) is 17.7. The lowest BCUT2D eigenvalue weighted by Gasteiger charge is -2.12. The highest BCUT2D eigenvalue weighted by Gasteiger charge is 2.18. The molecule has 140 valence electrons. The van der Waals surface area contributed by atoms with Gasteiger partial charge in [0.1, 0.15) is 5.75 Å². The lowest BCUT2D eigenvalue weighted by molar-refractivity contribution is -0.125. The van der Waals surface area contributed by atoms with E-state index in [0.717, 1.165) is 17.0 Å². The van der Waals surface area contributed by atoms with Gasteiger partial charge < -0.3 is 9.64 Å². The highest BCUT2D eigenvalue weighted by Crippen LogP contribution is 2.28. The number of rotatable bonds is 7. The monoisotopic (exact) mass is 383 g/mol. The van der Waals surface area contributed by atoms with E-state index in [-0.39, 0.29) is 11.7 Å². The minimum Gasteiger partial charge on any atom is -0.494 e. The molecule has 0 unspecified atom stereocenters. The van der Waals surface area contributed by atoms with Gasteiger partial charge in [-0.05, 0) is 43.3 Å². The summed E-state index contributed by atoms with van der Waals surface area (Å²) in [5, 5.41) is 9.29. The van der Waals surface area contributed by atoms with Crippen molar-refractivity contribution in [3.63, 3.8) is 0 Å². The molecule has 0 aliphatic heterocycles. The van der Waals surface area contributed by atoms with Crippen molar-refractivity contribution < 1.29 is 9.53 Å². The average Bonchev–Trinajstić information content (AvgIpc) is 3.11. The van der Waals surface area contributed by atoms with Crippen molar-refractivity contribution >= 4 is 17.7 Å². The molecule has 0 aliphatic rings. The van der Waals surface area contributed by atoms with E-state index in [0.29, 0.717) is 17.6 Å². The standard InChI is InChI=1S/C19H21N5O2S/c1-4-26-16-9-7-15(8-10-16)24-18(14-6-5-11-20-12-14)21-22-19(24)27-13-17(25)23(2)3/h5-12H,4,13H2,1-3H3. The molecule has 0 atom stereocenters. The number of aromatic nitrogens is 4. The predicted molar refractivity (Wildman–Crippen MR) is 105 cm³/mol. The van der Waals surface area contributed by atoms with Gasteiger partial charge >= 0.3 is 0 Å². The number of carbonyl (C=O) groups excluding carboxylic acids is 1. The van der Waals surface area contributed by atoms with E-state index in [1.807, 2.05) is 47.9 Å². The minimum absolute atomic E-state index is 0.0178. The van der Waals surface area contributed by atoms with Gasteiger partial charge in [-0.25, -0.2) is 0 Å². The summed E-state index contributed by atoms with van der Waals surface area (Å²) in [7, 11) is 3.47. The largest absolute Gasteiger partial charge is 0.494 e. The van der Waals surface area contributed by atoms with E-state index in [1.165, 1.54) is 11.8 Å². The van der Waals surface area contributed by atoms with Gasteiger partial charge in [-0.1, -0.05) is 11.8 Å². The molecule has 0 fully saturated rings. The summed E-state index contributed by atoms with van der Waals surface area (Å²) in [6.45, 7) is 2.56. The molecule has 3 rings (SSSR count). The van der Waals surface area contributed by atoms with Crippen LogP contribution in [0.4, 0.5) is 0 Å². The van der Waals surface area contributed by atoms with Crippen LogP contribution in [0.15, 0.2) is 53.9 Å². The number of nitrogens with zero attached hydrogens (tertiary/aromatic N) is 5. The third-order valence-electron chi connectivity index (χ3n) is 3.78. The summed E-state index contributed by atoms with van der Waals surface area (Å²) in [5.41, 5.74) is 1.74. The zero-order valence-corrected chi connectivity index (χ0v) is 16.3. The first kappa shape index (κ1) is 18.9.